The number of rotatable bonds is 4. The van der Waals surface area contributed by atoms with Crippen molar-refractivity contribution < 1.29 is 4.74 Å². The molecule has 146 valence electrons. The van der Waals surface area contributed by atoms with Gasteiger partial charge in [0.15, 0.2) is 0 Å². The molecule has 1 aliphatic carbocycles. The molecule has 1 fully saturated rings. The molecule has 0 bridgehead atoms. The van der Waals surface area contributed by atoms with Crippen LogP contribution in [0.5, 0.6) is 5.75 Å². The fourth-order valence-corrected chi connectivity index (χ4v) is 3.70. The average molecular weight is 408 g/mol. The van der Waals surface area contributed by atoms with Crippen LogP contribution in [0.2, 0.25) is 5.02 Å². The number of aromatic nitrogens is 5. The normalized spacial score (nSPS) is 13.8. The highest BCUT2D eigenvalue weighted by atomic mass is 35.5. The molecule has 0 N–H and O–H groups in total. The monoisotopic (exact) mass is 407 g/mol. The minimum absolute atomic E-state index is 0.174. The lowest BCUT2D eigenvalue weighted by Gasteiger charge is -2.08. The number of halogens is 1. The van der Waals surface area contributed by atoms with E-state index in [1.165, 1.54) is 17.1 Å². The molecule has 29 heavy (non-hydrogen) atoms. The highest BCUT2D eigenvalue weighted by molar-refractivity contribution is 6.30. The van der Waals surface area contributed by atoms with Gasteiger partial charge in [0.25, 0.3) is 5.95 Å². The van der Waals surface area contributed by atoms with Crippen molar-refractivity contribution in [1.82, 2.24) is 24.1 Å². The summed E-state index contributed by atoms with van der Waals surface area (Å²) >= 11 is 5.85. The molecule has 1 aliphatic rings. The van der Waals surface area contributed by atoms with E-state index in [1.807, 2.05) is 38.1 Å². The van der Waals surface area contributed by atoms with Crippen LogP contribution in [0.1, 0.15) is 24.1 Å². The van der Waals surface area contributed by atoms with Crippen LogP contribution in [0.15, 0.2) is 47.7 Å². The second-order valence-electron chi connectivity index (χ2n) is 7.19. The van der Waals surface area contributed by atoms with Crippen molar-refractivity contribution in [1.29, 1.82) is 0 Å². The van der Waals surface area contributed by atoms with Gasteiger partial charge in [0.2, 0.25) is 0 Å². The first-order chi connectivity index (χ1) is 14.0. The van der Waals surface area contributed by atoms with Crippen LogP contribution in [-0.4, -0.2) is 30.3 Å². The number of nitrogens with zero attached hydrogens (tertiary/aromatic N) is 5. The zero-order valence-corrected chi connectivity index (χ0v) is 16.7. The smallest absolute Gasteiger partial charge is 0.356 e. The van der Waals surface area contributed by atoms with Gasteiger partial charge in [-0.25, -0.2) is 14.8 Å². The van der Waals surface area contributed by atoms with Crippen LogP contribution >= 0.6 is 11.6 Å². The van der Waals surface area contributed by atoms with E-state index in [4.69, 9.17) is 16.3 Å². The molecule has 0 unspecified atom stereocenters. The molecule has 0 spiro atoms. The van der Waals surface area contributed by atoms with Gasteiger partial charge in [-0.1, -0.05) is 23.7 Å². The number of hydrogen-bond donors (Lipinski definition) is 0. The first kappa shape index (κ1) is 17.9. The standard InChI is InChI=1S/C21H18ClN5O2/c1-12-18-11-25-27(20-23-9-15(22)10-24-20)21(28)26(18)13(2)19(12)14-4-3-5-17(8-14)29-16-6-7-16/h3-5,8-11,16H,6-7H2,1-2H3. The second-order valence-corrected chi connectivity index (χ2v) is 7.63. The minimum atomic E-state index is -0.331. The van der Waals surface area contributed by atoms with Gasteiger partial charge in [-0.3, -0.25) is 4.40 Å². The molecule has 0 atom stereocenters. The van der Waals surface area contributed by atoms with Crippen molar-refractivity contribution in [3.8, 4) is 22.8 Å². The Morgan fingerprint density at radius 2 is 1.90 bits per heavy atom. The van der Waals surface area contributed by atoms with E-state index in [2.05, 4.69) is 15.1 Å². The summed E-state index contributed by atoms with van der Waals surface area (Å²) in [4.78, 5) is 21.4. The number of ether oxygens (including phenoxy) is 1. The Labute approximate surface area is 171 Å². The van der Waals surface area contributed by atoms with Crippen LogP contribution in [0.25, 0.3) is 22.6 Å². The van der Waals surface area contributed by atoms with E-state index in [0.29, 0.717) is 11.1 Å². The molecule has 0 amide bonds. The Kier molecular flexibility index (Phi) is 4.13. The molecule has 1 aromatic carbocycles. The van der Waals surface area contributed by atoms with E-state index >= 15 is 0 Å². The summed E-state index contributed by atoms with van der Waals surface area (Å²) in [5, 5.41) is 4.67. The van der Waals surface area contributed by atoms with Crippen LogP contribution in [0.3, 0.4) is 0 Å². The Balaban J connectivity index is 1.67. The highest BCUT2D eigenvalue weighted by Crippen LogP contribution is 2.34. The maximum absolute atomic E-state index is 13.2. The van der Waals surface area contributed by atoms with Crippen molar-refractivity contribution in [3.63, 3.8) is 0 Å². The average Bonchev–Trinajstić information content (AvgIpc) is 3.48. The predicted molar refractivity (Wildman–Crippen MR) is 110 cm³/mol. The van der Waals surface area contributed by atoms with Gasteiger partial charge in [0.05, 0.1) is 35.2 Å². The lowest BCUT2D eigenvalue weighted by Crippen LogP contribution is -2.29. The number of fused-ring (bicyclic) bond motifs is 1. The molecule has 4 aromatic rings. The summed E-state index contributed by atoms with van der Waals surface area (Å²) in [6.45, 7) is 3.93. The zero-order valence-electron chi connectivity index (χ0n) is 16.0. The molecule has 1 saturated carbocycles. The molecule has 3 aromatic heterocycles. The van der Waals surface area contributed by atoms with Gasteiger partial charge >= 0.3 is 5.69 Å². The second kappa shape index (κ2) is 6.70. The fourth-order valence-electron chi connectivity index (χ4n) is 3.60. The fraction of sp³-hybridized carbons (Fsp3) is 0.238. The van der Waals surface area contributed by atoms with Gasteiger partial charge in [-0.2, -0.15) is 5.10 Å². The first-order valence-electron chi connectivity index (χ1n) is 9.38. The van der Waals surface area contributed by atoms with Crippen molar-refractivity contribution in [3.05, 3.63) is 69.6 Å². The van der Waals surface area contributed by atoms with Crippen LogP contribution in [-0.2, 0) is 0 Å². The van der Waals surface area contributed by atoms with E-state index in [0.717, 1.165) is 46.5 Å². The van der Waals surface area contributed by atoms with Crippen molar-refractivity contribution >= 4 is 17.1 Å². The summed E-state index contributed by atoms with van der Waals surface area (Å²) in [5.41, 5.74) is 4.25. The van der Waals surface area contributed by atoms with E-state index in [1.54, 1.807) is 10.6 Å². The van der Waals surface area contributed by atoms with Gasteiger partial charge < -0.3 is 4.74 Å². The molecule has 0 saturated heterocycles. The van der Waals surface area contributed by atoms with Crippen LogP contribution in [0, 0.1) is 13.8 Å². The summed E-state index contributed by atoms with van der Waals surface area (Å²) < 4.78 is 8.75. The van der Waals surface area contributed by atoms with E-state index in [-0.39, 0.29) is 11.6 Å². The summed E-state index contributed by atoms with van der Waals surface area (Å²) in [7, 11) is 0. The summed E-state index contributed by atoms with van der Waals surface area (Å²) in [5.74, 6) is 1.03. The van der Waals surface area contributed by atoms with Gasteiger partial charge in [0, 0.05) is 11.3 Å². The third-order valence-corrected chi connectivity index (χ3v) is 5.31. The molecule has 8 heteroatoms. The SMILES string of the molecule is Cc1c(-c2cccc(OC3CC3)c2)c(C)n2c(=O)n(-c3ncc(Cl)cn3)ncc12. The topological polar surface area (TPSA) is 74.3 Å². The van der Waals surface area contributed by atoms with Gasteiger partial charge in [-0.05, 0) is 49.9 Å². The largest absolute Gasteiger partial charge is 0.490 e. The Hall–Kier alpha value is -3.19. The Morgan fingerprint density at radius 1 is 1.14 bits per heavy atom. The molecule has 0 aliphatic heterocycles. The molecular formula is C21H18ClN5O2. The van der Waals surface area contributed by atoms with Gasteiger partial charge in [0.1, 0.15) is 5.75 Å². The van der Waals surface area contributed by atoms with Crippen molar-refractivity contribution in [2.75, 3.05) is 0 Å². The highest BCUT2D eigenvalue weighted by Gasteiger charge is 2.24. The first-order valence-corrected chi connectivity index (χ1v) is 9.75. The lowest BCUT2D eigenvalue weighted by molar-refractivity contribution is 0.303. The molecule has 7 nitrogen and oxygen atoms in total. The summed E-state index contributed by atoms with van der Waals surface area (Å²) in [6, 6.07) is 8.01. The molecule has 3 heterocycles. The summed E-state index contributed by atoms with van der Waals surface area (Å²) in [6.07, 6.45) is 7.08. The van der Waals surface area contributed by atoms with Crippen molar-refractivity contribution in [2.24, 2.45) is 0 Å². The van der Waals surface area contributed by atoms with Crippen LogP contribution < -0.4 is 10.4 Å². The van der Waals surface area contributed by atoms with Crippen molar-refractivity contribution in [2.45, 2.75) is 32.8 Å². The van der Waals surface area contributed by atoms with Crippen LogP contribution in [0.4, 0.5) is 0 Å². The quantitative estimate of drug-likeness (QED) is 0.515. The maximum Gasteiger partial charge on any atom is 0.356 e. The van der Waals surface area contributed by atoms with E-state index in [9.17, 15) is 4.79 Å². The lowest BCUT2D eigenvalue weighted by atomic mass is 10.0. The number of benzene rings is 1. The third-order valence-electron chi connectivity index (χ3n) is 5.11. The number of hydrogen-bond acceptors (Lipinski definition) is 5. The zero-order chi connectivity index (χ0) is 20.1. The Morgan fingerprint density at radius 3 is 2.62 bits per heavy atom. The van der Waals surface area contributed by atoms with Gasteiger partial charge in [-0.15, -0.1) is 4.68 Å². The minimum Gasteiger partial charge on any atom is -0.490 e. The number of aryl methyl sites for hydroxylation is 2. The van der Waals surface area contributed by atoms with E-state index < -0.39 is 0 Å². The molecular weight excluding hydrogens is 390 g/mol. The maximum atomic E-state index is 13.2. The molecule has 5 rings (SSSR count). The predicted octanol–water partition coefficient (Wildman–Crippen LogP) is 3.75. The Bertz CT molecular complexity index is 1290. The third kappa shape index (κ3) is 3.07. The molecule has 0 radical (unpaired) electrons.